The first kappa shape index (κ1) is 32.1. The molecule has 5 aromatic rings. The number of nitrogens with zero attached hydrogens (tertiary/aromatic N) is 4. The number of aromatic nitrogens is 2. The fourth-order valence-electron chi connectivity index (χ4n) is 4.89. The number of hydrogen-bond donors (Lipinski definition) is 0. The Morgan fingerprint density at radius 3 is 2.47 bits per heavy atom. The summed E-state index contributed by atoms with van der Waals surface area (Å²) in [6, 6.07) is 21.5. The predicted octanol–water partition coefficient (Wildman–Crippen LogP) is 8.79. The van der Waals surface area contributed by atoms with E-state index in [0.29, 0.717) is 33.4 Å². The Bertz CT molecular complexity index is 1990. The van der Waals surface area contributed by atoms with E-state index in [-0.39, 0.29) is 29.5 Å². The maximum Gasteiger partial charge on any atom is 0.312 e. The highest BCUT2D eigenvalue weighted by Gasteiger charge is 2.22. The second-order valence-electron chi connectivity index (χ2n) is 10.6. The van der Waals surface area contributed by atoms with Crippen molar-refractivity contribution in [3.63, 3.8) is 0 Å². The van der Waals surface area contributed by atoms with Crippen molar-refractivity contribution in [2.45, 2.75) is 40.2 Å². The SMILES string of the molecule is CCOc1cc(C)c(-c2nc3ccccc3c(=O)n2N=Cc2cc(Br)c(OCc3ccc(Br)cc3)c([N+](=O)[O-])c2)cc1C(C)C. The molecule has 0 spiro atoms. The molecule has 0 aliphatic heterocycles. The Hall–Kier alpha value is -4.35. The quantitative estimate of drug-likeness (QED) is 0.0807. The maximum atomic E-state index is 13.8. The van der Waals surface area contributed by atoms with Crippen LogP contribution in [0.1, 0.15) is 48.9 Å². The molecule has 0 unspecified atom stereocenters. The monoisotopic (exact) mass is 732 g/mol. The second-order valence-corrected chi connectivity index (χ2v) is 12.4. The Morgan fingerprint density at radius 1 is 1.04 bits per heavy atom. The van der Waals surface area contributed by atoms with Gasteiger partial charge in [0.2, 0.25) is 5.75 Å². The van der Waals surface area contributed by atoms with Crippen LogP contribution < -0.4 is 15.0 Å². The van der Waals surface area contributed by atoms with E-state index < -0.39 is 4.92 Å². The number of benzene rings is 4. The van der Waals surface area contributed by atoms with Crippen molar-refractivity contribution in [2.24, 2.45) is 5.10 Å². The van der Waals surface area contributed by atoms with Crippen LogP contribution in [0.25, 0.3) is 22.3 Å². The van der Waals surface area contributed by atoms with Crippen LogP contribution in [0.4, 0.5) is 5.69 Å². The second kappa shape index (κ2) is 13.7. The zero-order chi connectivity index (χ0) is 32.2. The molecule has 11 heteroatoms. The Balaban J connectivity index is 1.61. The first-order valence-electron chi connectivity index (χ1n) is 14.3. The minimum absolute atomic E-state index is 0.0940. The molecule has 0 fully saturated rings. The van der Waals surface area contributed by atoms with Gasteiger partial charge in [-0.05, 0) is 94.9 Å². The van der Waals surface area contributed by atoms with E-state index in [9.17, 15) is 14.9 Å². The van der Waals surface area contributed by atoms with Crippen LogP contribution >= 0.6 is 31.9 Å². The van der Waals surface area contributed by atoms with Gasteiger partial charge in [0.05, 0.1) is 33.1 Å². The number of halogens is 2. The van der Waals surface area contributed by atoms with Crippen molar-refractivity contribution < 1.29 is 14.4 Å². The van der Waals surface area contributed by atoms with Gasteiger partial charge in [0.25, 0.3) is 5.56 Å². The standard InChI is InChI=1S/C34H30Br2N4O5/c1-5-44-31-14-21(4)27(17-26(31)20(2)3)33-38-29-9-7-6-8-25(29)34(41)39(33)37-18-23-15-28(36)32(30(16-23)40(42)43)45-19-22-10-12-24(35)13-11-22/h6-18,20H,5,19H2,1-4H3. The number of rotatable bonds is 10. The van der Waals surface area contributed by atoms with Gasteiger partial charge in [-0.25, -0.2) is 4.98 Å². The molecule has 4 aromatic carbocycles. The van der Waals surface area contributed by atoms with Gasteiger partial charge in [-0.2, -0.15) is 9.78 Å². The van der Waals surface area contributed by atoms with Crippen LogP contribution in [-0.2, 0) is 6.61 Å². The van der Waals surface area contributed by atoms with Crippen LogP contribution in [0.15, 0.2) is 91.6 Å². The number of nitro benzene ring substituents is 1. The molecule has 9 nitrogen and oxygen atoms in total. The molecular formula is C34H30Br2N4O5. The summed E-state index contributed by atoms with van der Waals surface area (Å²) in [5.41, 5.74) is 3.74. The topological polar surface area (TPSA) is 109 Å². The zero-order valence-electron chi connectivity index (χ0n) is 25.1. The summed E-state index contributed by atoms with van der Waals surface area (Å²) >= 11 is 6.83. The van der Waals surface area contributed by atoms with E-state index in [1.54, 1.807) is 24.3 Å². The van der Waals surface area contributed by atoms with Gasteiger partial charge in [0.15, 0.2) is 5.82 Å². The van der Waals surface area contributed by atoms with Crippen molar-refractivity contribution in [3.05, 3.63) is 124 Å². The molecule has 1 aromatic heterocycles. The minimum Gasteiger partial charge on any atom is -0.494 e. The fourth-order valence-corrected chi connectivity index (χ4v) is 5.74. The van der Waals surface area contributed by atoms with E-state index in [1.807, 2.05) is 56.3 Å². The molecule has 0 saturated carbocycles. The summed E-state index contributed by atoms with van der Waals surface area (Å²) in [5, 5.41) is 17.0. The maximum absolute atomic E-state index is 13.8. The van der Waals surface area contributed by atoms with Gasteiger partial charge in [-0.15, -0.1) is 0 Å². The molecule has 0 saturated heterocycles. The van der Waals surface area contributed by atoms with Gasteiger partial charge in [-0.1, -0.05) is 54.0 Å². The lowest BCUT2D eigenvalue weighted by Crippen LogP contribution is -2.21. The Kier molecular flexibility index (Phi) is 9.79. The van der Waals surface area contributed by atoms with Crippen LogP contribution in [0.5, 0.6) is 11.5 Å². The molecule has 0 radical (unpaired) electrons. The summed E-state index contributed by atoms with van der Waals surface area (Å²) in [6.45, 7) is 8.69. The van der Waals surface area contributed by atoms with Crippen molar-refractivity contribution in [1.82, 2.24) is 9.66 Å². The molecule has 0 amide bonds. The lowest BCUT2D eigenvalue weighted by molar-refractivity contribution is -0.386. The molecule has 0 aliphatic carbocycles. The van der Waals surface area contributed by atoms with Gasteiger partial charge in [0, 0.05) is 21.7 Å². The highest BCUT2D eigenvalue weighted by molar-refractivity contribution is 9.10. The van der Waals surface area contributed by atoms with Crippen molar-refractivity contribution in [2.75, 3.05) is 6.61 Å². The Labute approximate surface area is 276 Å². The number of para-hydroxylation sites is 1. The van der Waals surface area contributed by atoms with E-state index in [2.05, 4.69) is 50.8 Å². The third-order valence-corrected chi connectivity index (χ3v) is 8.25. The smallest absolute Gasteiger partial charge is 0.312 e. The fraction of sp³-hybridized carbons (Fsp3) is 0.206. The minimum atomic E-state index is -0.509. The number of nitro groups is 1. The summed E-state index contributed by atoms with van der Waals surface area (Å²) in [5.74, 6) is 1.38. The molecule has 5 rings (SSSR count). The summed E-state index contributed by atoms with van der Waals surface area (Å²) < 4.78 is 14.3. The average Bonchev–Trinajstić information content (AvgIpc) is 3.00. The van der Waals surface area contributed by atoms with Crippen LogP contribution in [0.2, 0.25) is 0 Å². The highest BCUT2D eigenvalue weighted by Crippen LogP contribution is 2.37. The van der Waals surface area contributed by atoms with Crippen LogP contribution in [0, 0.1) is 17.0 Å². The molecular weight excluding hydrogens is 704 g/mol. The third-order valence-electron chi connectivity index (χ3n) is 7.14. The van der Waals surface area contributed by atoms with E-state index >= 15 is 0 Å². The molecule has 230 valence electrons. The van der Waals surface area contributed by atoms with Gasteiger partial charge in [-0.3, -0.25) is 14.9 Å². The lowest BCUT2D eigenvalue weighted by atomic mass is 9.96. The van der Waals surface area contributed by atoms with Gasteiger partial charge in [0.1, 0.15) is 12.4 Å². The molecule has 0 N–H and O–H groups in total. The normalized spacial score (nSPS) is 11.4. The van der Waals surface area contributed by atoms with Crippen LogP contribution in [-0.4, -0.2) is 27.4 Å². The largest absolute Gasteiger partial charge is 0.494 e. The number of hydrogen-bond acceptors (Lipinski definition) is 7. The van der Waals surface area contributed by atoms with Crippen molar-refractivity contribution in [1.29, 1.82) is 0 Å². The molecule has 0 bridgehead atoms. The number of fused-ring (bicyclic) bond motifs is 1. The number of aryl methyl sites for hydroxylation is 1. The van der Waals surface area contributed by atoms with Gasteiger partial charge >= 0.3 is 5.69 Å². The first-order valence-corrected chi connectivity index (χ1v) is 15.8. The van der Waals surface area contributed by atoms with E-state index in [1.165, 1.54) is 17.0 Å². The number of ether oxygens (including phenoxy) is 2. The highest BCUT2D eigenvalue weighted by atomic mass is 79.9. The van der Waals surface area contributed by atoms with Gasteiger partial charge < -0.3 is 9.47 Å². The zero-order valence-corrected chi connectivity index (χ0v) is 28.3. The third kappa shape index (κ3) is 6.99. The molecule has 0 aliphatic rings. The molecule has 0 atom stereocenters. The van der Waals surface area contributed by atoms with Crippen molar-refractivity contribution in [3.8, 4) is 22.9 Å². The molecule has 1 heterocycles. The summed E-state index contributed by atoms with van der Waals surface area (Å²) in [4.78, 5) is 30.2. The predicted molar refractivity (Wildman–Crippen MR) is 184 cm³/mol. The first-order chi connectivity index (χ1) is 21.6. The summed E-state index contributed by atoms with van der Waals surface area (Å²) in [6.07, 6.45) is 1.41. The molecule has 45 heavy (non-hydrogen) atoms. The van der Waals surface area contributed by atoms with Crippen molar-refractivity contribution >= 4 is 54.7 Å². The van der Waals surface area contributed by atoms with E-state index in [0.717, 1.165) is 32.5 Å². The average molecular weight is 734 g/mol. The Morgan fingerprint density at radius 2 is 1.78 bits per heavy atom. The van der Waals surface area contributed by atoms with E-state index in [4.69, 9.17) is 14.5 Å². The summed E-state index contributed by atoms with van der Waals surface area (Å²) in [7, 11) is 0. The lowest BCUT2D eigenvalue weighted by Gasteiger charge is -2.18. The van der Waals surface area contributed by atoms with Crippen LogP contribution in [0.3, 0.4) is 0 Å².